The lowest BCUT2D eigenvalue weighted by molar-refractivity contribution is -0.132. The maximum absolute atomic E-state index is 10.9. The Morgan fingerprint density at radius 3 is 3.06 bits per heavy atom. The van der Waals surface area contributed by atoms with Gasteiger partial charge in [-0.2, -0.15) is 0 Å². The standard InChI is InChI=1S/C14H15NO3/c16-14(17)12-2-1-11-8-13(4-3-10(11)7-12)15-5-6-18-9-15/h1-4,7,11H,5-6,8-9H2,(H,16,17). The first kappa shape index (κ1) is 11.3. The van der Waals surface area contributed by atoms with Crippen LogP contribution in [0.5, 0.6) is 0 Å². The number of carboxylic acid groups (broad SMARTS) is 1. The molecule has 0 radical (unpaired) electrons. The quantitative estimate of drug-likeness (QED) is 0.804. The number of carboxylic acids is 1. The zero-order valence-corrected chi connectivity index (χ0v) is 10.0. The summed E-state index contributed by atoms with van der Waals surface area (Å²) < 4.78 is 5.35. The van der Waals surface area contributed by atoms with E-state index in [0.717, 1.165) is 25.1 Å². The van der Waals surface area contributed by atoms with E-state index in [-0.39, 0.29) is 0 Å². The maximum Gasteiger partial charge on any atom is 0.335 e. The van der Waals surface area contributed by atoms with Gasteiger partial charge < -0.3 is 14.7 Å². The van der Waals surface area contributed by atoms with Crippen LogP contribution < -0.4 is 0 Å². The summed E-state index contributed by atoms with van der Waals surface area (Å²) in [5.41, 5.74) is 2.72. The van der Waals surface area contributed by atoms with Crippen LogP contribution in [0.25, 0.3) is 0 Å². The van der Waals surface area contributed by atoms with Crippen LogP contribution in [-0.4, -0.2) is 35.9 Å². The highest BCUT2D eigenvalue weighted by Crippen LogP contribution is 2.33. The summed E-state index contributed by atoms with van der Waals surface area (Å²) in [7, 11) is 0. The Bertz CT molecular complexity index is 493. The van der Waals surface area contributed by atoms with Crippen molar-refractivity contribution < 1.29 is 14.6 Å². The summed E-state index contributed by atoms with van der Waals surface area (Å²) in [5, 5.41) is 8.97. The summed E-state index contributed by atoms with van der Waals surface area (Å²) in [6.07, 6.45) is 10.5. The minimum Gasteiger partial charge on any atom is -0.478 e. The maximum atomic E-state index is 10.9. The number of hydrogen-bond acceptors (Lipinski definition) is 3. The molecule has 18 heavy (non-hydrogen) atoms. The Balaban J connectivity index is 1.83. The number of hydrogen-bond donors (Lipinski definition) is 1. The number of fused-ring (bicyclic) bond motifs is 1. The highest BCUT2D eigenvalue weighted by molar-refractivity contribution is 5.91. The summed E-state index contributed by atoms with van der Waals surface area (Å²) in [5.74, 6) is -0.568. The first-order valence-electron chi connectivity index (χ1n) is 6.10. The van der Waals surface area contributed by atoms with E-state index >= 15 is 0 Å². The smallest absolute Gasteiger partial charge is 0.335 e. The fraction of sp³-hybridized carbons (Fsp3) is 0.357. The third kappa shape index (κ3) is 1.99. The van der Waals surface area contributed by atoms with Crippen molar-refractivity contribution in [3.8, 4) is 0 Å². The first-order chi connectivity index (χ1) is 8.74. The average molecular weight is 245 g/mol. The Morgan fingerprint density at radius 2 is 2.33 bits per heavy atom. The van der Waals surface area contributed by atoms with Crippen LogP contribution in [0.2, 0.25) is 0 Å². The van der Waals surface area contributed by atoms with Crippen LogP contribution in [0.15, 0.2) is 47.2 Å². The molecule has 1 unspecified atom stereocenters. The Labute approximate surface area is 106 Å². The average Bonchev–Trinajstić information content (AvgIpc) is 2.91. The molecule has 3 aliphatic rings. The fourth-order valence-electron chi connectivity index (χ4n) is 2.52. The molecule has 0 aromatic rings. The lowest BCUT2D eigenvalue weighted by atomic mass is 9.84. The van der Waals surface area contributed by atoms with E-state index in [1.807, 2.05) is 12.2 Å². The molecule has 1 fully saturated rings. The SMILES string of the molecule is O=C(O)C1=CC2=CC=C(N3CCOC3)CC2C=C1. The summed E-state index contributed by atoms with van der Waals surface area (Å²) >= 11 is 0. The molecule has 4 nitrogen and oxygen atoms in total. The number of aliphatic carboxylic acids is 1. The van der Waals surface area contributed by atoms with E-state index in [1.165, 1.54) is 5.70 Å². The molecular weight excluding hydrogens is 230 g/mol. The highest BCUT2D eigenvalue weighted by Gasteiger charge is 2.24. The van der Waals surface area contributed by atoms with Gasteiger partial charge in [0.25, 0.3) is 0 Å². The monoisotopic (exact) mass is 245 g/mol. The lowest BCUT2D eigenvalue weighted by Crippen LogP contribution is -2.23. The van der Waals surface area contributed by atoms with Crippen LogP contribution in [0.4, 0.5) is 0 Å². The second-order valence-corrected chi connectivity index (χ2v) is 4.70. The van der Waals surface area contributed by atoms with Crippen LogP contribution in [0.3, 0.4) is 0 Å². The van der Waals surface area contributed by atoms with Crippen molar-refractivity contribution in [3.63, 3.8) is 0 Å². The first-order valence-corrected chi connectivity index (χ1v) is 6.10. The number of rotatable bonds is 2. The van der Waals surface area contributed by atoms with Crippen molar-refractivity contribution in [3.05, 3.63) is 47.2 Å². The van der Waals surface area contributed by atoms with E-state index in [1.54, 1.807) is 12.2 Å². The van der Waals surface area contributed by atoms with Crippen molar-refractivity contribution in [2.24, 2.45) is 5.92 Å². The topological polar surface area (TPSA) is 49.8 Å². The van der Waals surface area contributed by atoms with E-state index in [4.69, 9.17) is 9.84 Å². The van der Waals surface area contributed by atoms with Crippen molar-refractivity contribution >= 4 is 5.97 Å². The molecule has 0 aromatic carbocycles. The number of ether oxygens (including phenoxy) is 1. The molecule has 0 amide bonds. The van der Waals surface area contributed by atoms with Gasteiger partial charge in [0.05, 0.1) is 12.2 Å². The molecule has 1 atom stereocenters. The van der Waals surface area contributed by atoms with Gasteiger partial charge in [-0.15, -0.1) is 0 Å². The van der Waals surface area contributed by atoms with Crippen molar-refractivity contribution in [2.45, 2.75) is 6.42 Å². The van der Waals surface area contributed by atoms with Crippen LogP contribution in [-0.2, 0) is 9.53 Å². The van der Waals surface area contributed by atoms with Crippen molar-refractivity contribution in [1.82, 2.24) is 4.90 Å². The van der Waals surface area contributed by atoms with Crippen molar-refractivity contribution in [1.29, 1.82) is 0 Å². The van der Waals surface area contributed by atoms with Gasteiger partial charge >= 0.3 is 5.97 Å². The van der Waals surface area contributed by atoms with Gasteiger partial charge in [-0.3, -0.25) is 0 Å². The minimum atomic E-state index is -0.867. The second kappa shape index (κ2) is 4.46. The summed E-state index contributed by atoms with van der Waals surface area (Å²) in [4.78, 5) is 13.1. The molecular formula is C14H15NO3. The highest BCUT2D eigenvalue weighted by atomic mass is 16.5. The van der Waals surface area contributed by atoms with Gasteiger partial charge in [-0.05, 0) is 24.1 Å². The van der Waals surface area contributed by atoms with Gasteiger partial charge in [0, 0.05) is 18.2 Å². The lowest BCUT2D eigenvalue weighted by Gasteiger charge is -2.28. The van der Waals surface area contributed by atoms with Gasteiger partial charge in [-0.1, -0.05) is 18.2 Å². The molecule has 1 aliphatic heterocycles. The minimum absolute atomic E-state index is 0.300. The Morgan fingerprint density at radius 1 is 1.44 bits per heavy atom. The molecule has 0 spiro atoms. The molecule has 1 saturated heterocycles. The van der Waals surface area contributed by atoms with E-state index in [0.29, 0.717) is 18.2 Å². The van der Waals surface area contributed by atoms with Crippen LogP contribution in [0.1, 0.15) is 6.42 Å². The van der Waals surface area contributed by atoms with Gasteiger partial charge in [0.1, 0.15) is 6.73 Å². The molecule has 0 aromatic heterocycles. The van der Waals surface area contributed by atoms with Gasteiger partial charge in [0.15, 0.2) is 0 Å². The van der Waals surface area contributed by atoms with Crippen LogP contribution in [0, 0.1) is 5.92 Å². The molecule has 1 heterocycles. The molecule has 3 rings (SSSR count). The largest absolute Gasteiger partial charge is 0.478 e. The summed E-state index contributed by atoms with van der Waals surface area (Å²) in [6.45, 7) is 2.40. The Hall–Kier alpha value is -1.81. The van der Waals surface area contributed by atoms with Crippen molar-refractivity contribution in [2.75, 3.05) is 19.9 Å². The van der Waals surface area contributed by atoms with E-state index < -0.39 is 5.97 Å². The predicted molar refractivity (Wildman–Crippen MR) is 66.7 cm³/mol. The molecule has 0 bridgehead atoms. The van der Waals surface area contributed by atoms with Crippen LogP contribution >= 0.6 is 0 Å². The fourth-order valence-corrected chi connectivity index (χ4v) is 2.52. The second-order valence-electron chi connectivity index (χ2n) is 4.70. The van der Waals surface area contributed by atoms with E-state index in [9.17, 15) is 4.79 Å². The number of carbonyl (C=O) groups is 1. The molecule has 0 saturated carbocycles. The molecule has 2 aliphatic carbocycles. The molecule has 94 valence electrons. The third-order valence-electron chi connectivity index (χ3n) is 3.56. The number of nitrogens with zero attached hydrogens (tertiary/aromatic N) is 1. The predicted octanol–water partition coefficient (Wildman–Crippen LogP) is 1.69. The van der Waals surface area contributed by atoms with E-state index in [2.05, 4.69) is 11.0 Å². The molecule has 1 N–H and O–H groups in total. The molecule has 4 heteroatoms. The third-order valence-corrected chi connectivity index (χ3v) is 3.56. The Kier molecular flexibility index (Phi) is 2.80. The zero-order chi connectivity index (χ0) is 12.5. The van der Waals surface area contributed by atoms with Gasteiger partial charge in [-0.25, -0.2) is 4.79 Å². The number of allylic oxidation sites excluding steroid dienone is 6. The van der Waals surface area contributed by atoms with Gasteiger partial charge in [0.2, 0.25) is 0 Å². The summed E-state index contributed by atoms with van der Waals surface area (Å²) in [6, 6.07) is 0. The normalized spacial score (nSPS) is 26.3. The zero-order valence-electron chi connectivity index (χ0n) is 10.0.